The molecule has 2 aromatic rings. The molecule has 44 heavy (non-hydrogen) atoms. The summed E-state index contributed by atoms with van der Waals surface area (Å²) in [6.07, 6.45) is -1.34. The summed E-state index contributed by atoms with van der Waals surface area (Å²) in [5.74, 6) is 0.504. The van der Waals surface area contributed by atoms with Gasteiger partial charge in [-0.1, -0.05) is 41.5 Å². The maximum atomic E-state index is 13.8. The number of ketones is 1. The van der Waals surface area contributed by atoms with Gasteiger partial charge in [0.2, 0.25) is 6.29 Å². The van der Waals surface area contributed by atoms with Crippen molar-refractivity contribution in [3.8, 4) is 17.2 Å². The highest BCUT2D eigenvalue weighted by atomic mass is 28.4. The lowest BCUT2D eigenvalue weighted by molar-refractivity contribution is -0.306. The van der Waals surface area contributed by atoms with Crippen LogP contribution in [0, 0.1) is 6.92 Å². The minimum atomic E-state index is -3.26. The van der Waals surface area contributed by atoms with Crippen LogP contribution in [0.2, 0.25) is 10.1 Å². The number of aliphatic hydroxyl groups excluding tert-OH is 1. The molecule has 5 atom stereocenters. The second-order valence-corrected chi connectivity index (χ2v) is 19.8. The van der Waals surface area contributed by atoms with Crippen molar-refractivity contribution in [1.29, 1.82) is 0 Å². The summed E-state index contributed by atoms with van der Waals surface area (Å²) in [7, 11) is -1.61. The molecule has 0 amide bonds. The average molecular weight is 627 g/mol. The van der Waals surface area contributed by atoms with Gasteiger partial charge in [-0.25, -0.2) is 0 Å². The molecule has 5 aliphatic heterocycles. The van der Waals surface area contributed by atoms with E-state index in [1.807, 2.05) is 6.92 Å². The Morgan fingerprint density at radius 1 is 1.00 bits per heavy atom. The Hall–Kier alpha value is -2.25. The van der Waals surface area contributed by atoms with E-state index in [0.29, 0.717) is 47.8 Å². The first-order valence-corrected chi connectivity index (χ1v) is 17.5. The monoisotopic (exact) mass is 626 g/mol. The number of aliphatic hydroxyl groups is 1. The number of Topliss-reactive ketones (excluding diaryl/α,β-unsaturated/α-hetero) is 1. The first kappa shape index (κ1) is 29.2. The van der Waals surface area contributed by atoms with Crippen molar-refractivity contribution in [2.75, 3.05) is 26.9 Å². The number of hydrogen-bond donors (Lipinski definition) is 1. The van der Waals surface area contributed by atoms with Crippen LogP contribution in [0.1, 0.15) is 87.5 Å². The van der Waals surface area contributed by atoms with Crippen LogP contribution in [0.15, 0.2) is 6.07 Å². The number of ether oxygens (including phenoxy) is 6. The van der Waals surface area contributed by atoms with Gasteiger partial charge in [-0.2, -0.15) is 0 Å². The van der Waals surface area contributed by atoms with Gasteiger partial charge in [-0.3, -0.25) is 4.79 Å². The van der Waals surface area contributed by atoms with E-state index < -0.39 is 54.6 Å². The van der Waals surface area contributed by atoms with Crippen molar-refractivity contribution < 1.29 is 47.2 Å². The molecule has 1 spiro atoms. The van der Waals surface area contributed by atoms with Crippen LogP contribution in [0.5, 0.6) is 17.2 Å². The Morgan fingerprint density at radius 3 is 2.27 bits per heavy atom. The molecule has 4 saturated heterocycles. The molecule has 8 rings (SSSR count). The summed E-state index contributed by atoms with van der Waals surface area (Å²) in [5, 5.41) is 12.4. The lowest BCUT2D eigenvalue weighted by Crippen LogP contribution is -2.63. The Bertz CT molecular complexity index is 1580. The molecule has 0 unspecified atom stereocenters. The van der Waals surface area contributed by atoms with Crippen LogP contribution in [0.3, 0.4) is 0 Å². The molecular weight excluding hydrogens is 584 g/mol. The number of rotatable bonds is 3. The minimum Gasteiger partial charge on any atom is -0.510 e. The summed E-state index contributed by atoms with van der Waals surface area (Å²) in [4.78, 5) is 13.8. The number of fused-ring (bicyclic) bond motifs is 5. The summed E-state index contributed by atoms with van der Waals surface area (Å²) in [6, 6.07) is 2.06. The standard InChI is InChI=1S/C33H42O10Si/c1-16-14-18-22-24(20(16)26-27-28(35)32(15-39-32)33(40-26,41-27)29-37-12-13-38-29)42-44(30(2,3)4,31(5,6)7)43-25(22)21-17(23(18)36-8)10-9-11-19(21)34/h14,26-29,35H,9-13,15H2,1-8H3/t26-,27-,28+,32-,33-/m0/s1. The number of aryl methyl sites for hydroxylation is 1. The molecule has 5 heterocycles. The molecule has 0 saturated carbocycles. The Kier molecular flexibility index (Phi) is 5.94. The Labute approximate surface area is 258 Å². The minimum absolute atomic E-state index is 0.0550. The zero-order chi connectivity index (χ0) is 31.2. The lowest BCUT2D eigenvalue weighted by Gasteiger charge is -2.51. The second kappa shape index (κ2) is 8.96. The van der Waals surface area contributed by atoms with Gasteiger partial charge >= 0.3 is 8.56 Å². The van der Waals surface area contributed by atoms with Gasteiger partial charge in [0.15, 0.2) is 11.4 Å². The van der Waals surface area contributed by atoms with E-state index in [4.69, 9.17) is 37.3 Å². The van der Waals surface area contributed by atoms with Crippen LogP contribution >= 0.6 is 0 Å². The lowest BCUT2D eigenvalue weighted by atomic mass is 9.82. The van der Waals surface area contributed by atoms with E-state index in [2.05, 4.69) is 47.6 Å². The zero-order valence-corrected chi connectivity index (χ0v) is 27.8. The van der Waals surface area contributed by atoms with Crippen LogP contribution in [-0.2, 0) is 30.1 Å². The van der Waals surface area contributed by atoms with Crippen molar-refractivity contribution in [1.82, 2.24) is 0 Å². The Balaban J connectivity index is 1.42. The van der Waals surface area contributed by atoms with E-state index in [1.54, 1.807) is 7.11 Å². The third-order valence-electron chi connectivity index (χ3n) is 10.5. The normalized spacial score (nSPS) is 33.9. The highest BCUT2D eigenvalue weighted by molar-refractivity contribution is 6.75. The number of hydrogen-bond acceptors (Lipinski definition) is 10. The zero-order valence-electron chi connectivity index (χ0n) is 26.8. The number of carbonyl (C=O) groups is 1. The summed E-state index contributed by atoms with van der Waals surface area (Å²) in [5.41, 5.74) is 2.11. The number of epoxide rings is 1. The quantitative estimate of drug-likeness (QED) is 0.362. The molecular formula is C33H42O10Si. The SMILES string of the molecule is COc1c2c(c3c4c(c([C@@H]5O[C@@]6(C7OCCO7)O[C@@H]5[C@@H](O)[C@@]65CO5)c(C)cc14)O[Si](C(C)(C)C)(C(C)(C)C)O3)C(=O)CCC2. The third kappa shape index (κ3) is 3.39. The van der Waals surface area contributed by atoms with Crippen LogP contribution in [0.25, 0.3) is 10.8 Å². The average Bonchev–Trinajstić information content (AvgIpc) is 3.29. The van der Waals surface area contributed by atoms with E-state index in [9.17, 15) is 9.90 Å². The van der Waals surface area contributed by atoms with E-state index in [0.717, 1.165) is 34.9 Å². The molecule has 0 aromatic heterocycles. The topological polar surface area (TPSA) is 114 Å². The molecule has 2 bridgehead atoms. The van der Waals surface area contributed by atoms with Crippen molar-refractivity contribution in [2.24, 2.45) is 0 Å². The molecule has 4 fully saturated rings. The molecule has 238 valence electrons. The fraction of sp³-hybridized carbons (Fsp3) is 0.667. The predicted molar refractivity (Wildman–Crippen MR) is 161 cm³/mol. The highest BCUT2D eigenvalue weighted by Crippen LogP contribution is 2.66. The summed E-state index contributed by atoms with van der Waals surface area (Å²) >= 11 is 0. The van der Waals surface area contributed by atoms with Gasteiger partial charge in [0.25, 0.3) is 5.79 Å². The number of carbonyl (C=O) groups excluding carboxylic acids is 1. The van der Waals surface area contributed by atoms with Crippen LogP contribution in [0.4, 0.5) is 0 Å². The maximum Gasteiger partial charge on any atom is 0.471 e. The van der Waals surface area contributed by atoms with Gasteiger partial charge in [-0.15, -0.1) is 0 Å². The van der Waals surface area contributed by atoms with Gasteiger partial charge in [-0.05, 0) is 31.4 Å². The molecule has 11 heteroatoms. The summed E-state index contributed by atoms with van der Waals surface area (Å²) in [6.45, 7) is 16.0. The van der Waals surface area contributed by atoms with E-state index >= 15 is 0 Å². The van der Waals surface area contributed by atoms with E-state index in [-0.39, 0.29) is 12.4 Å². The molecule has 10 nitrogen and oxygen atoms in total. The predicted octanol–water partition coefficient (Wildman–Crippen LogP) is 5.16. The first-order chi connectivity index (χ1) is 20.7. The second-order valence-electron chi connectivity index (χ2n) is 15.2. The fourth-order valence-electron chi connectivity index (χ4n) is 8.68. The van der Waals surface area contributed by atoms with Gasteiger partial charge < -0.3 is 42.4 Å². The Morgan fingerprint density at radius 2 is 1.66 bits per heavy atom. The van der Waals surface area contributed by atoms with Crippen LogP contribution < -0.4 is 13.6 Å². The number of benzene rings is 2. The van der Waals surface area contributed by atoms with E-state index in [1.165, 1.54) is 0 Å². The van der Waals surface area contributed by atoms with Gasteiger partial charge in [0, 0.05) is 33.0 Å². The first-order valence-electron chi connectivity index (χ1n) is 15.7. The fourth-order valence-corrected chi connectivity index (χ4v) is 13.2. The smallest absolute Gasteiger partial charge is 0.471 e. The largest absolute Gasteiger partial charge is 0.510 e. The highest BCUT2D eigenvalue weighted by Gasteiger charge is 2.84. The van der Waals surface area contributed by atoms with Crippen molar-refractivity contribution >= 4 is 25.1 Å². The molecule has 0 radical (unpaired) electrons. The molecule has 1 aliphatic carbocycles. The molecule has 1 N–H and O–H groups in total. The van der Waals surface area contributed by atoms with Crippen molar-refractivity contribution in [3.63, 3.8) is 0 Å². The maximum absolute atomic E-state index is 13.8. The summed E-state index contributed by atoms with van der Waals surface area (Å²) < 4.78 is 51.8. The van der Waals surface area contributed by atoms with Crippen LogP contribution in [-0.4, -0.2) is 76.3 Å². The molecule has 2 aromatic carbocycles. The van der Waals surface area contributed by atoms with Crippen molar-refractivity contribution in [2.45, 2.75) is 114 Å². The number of methoxy groups -OCH3 is 1. The molecule has 6 aliphatic rings. The van der Waals surface area contributed by atoms with Gasteiger partial charge in [0.05, 0.1) is 37.9 Å². The third-order valence-corrected chi connectivity index (χ3v) is 15.5. The van der Waals surface area contributed by atoms with Crippen molar-refractivity contribution in [3.05, 3.63) is 28.3 Å². The van der Waals surface area contributed by atoms with Gasteiger partial charge in [0.1, 0.15) is 35.6 Å².